The van der Waals surface area contributed by atoms with Crippen molar-refractivity contribution in [1.82, 2.24) is 0 Å². The molecule has 0 N–H and O–H groups in total. The predicted molar refractivity (Wildman–Crippen MR) is 81.6 cm³/mol. The molecule has 0 aliphatic carbocycles. The fourth-order valence-corrected chi connectivity index (χ4v) is 2.06. The molecule has 1 aromatic rings. The Morgan fingerprint density at radius 1 is 1.24 bits per heavy atom. The highest BCUT2D eigenvalue weighted by Gasteiger charge is 2.15. The molecule has 0 amide bonds. The number of thiol groups is 1. The fraction of sp³-hybridized carbons (Fsp3) is 0.600. The van der Waals surface area contributed by atoms with Gasteiger partial charge in [0.1, 0.15) is 0 Å². The molecule has 1 aromatic carbocycles. The van der Waals surface area contributed by atoms with E-state index in [9.17, 15) is 0 Å². The van der Waals surface area contributed by atoms with Gasteiger partial charge in [0.2, 0.25) is 0 Å². The summed E-state index contributed by atoms with van der Waals surface area (Å²) >= 11 is 4.27. The lowest BCUT2D eigenvalue weighted by Gasteiger charge is -2.25. The SMILES string of the molecule is Cc1ccc(C(C)(C)C)cc1N(C)CCCS. The van der Waals surface area contributed by atoms with Crippen LogP contribution in [0.1, 0.15) is 38.3 Å². The quantitative estimate of drug-likeness (QED) is 0.790. The van der Waals surface area contributed by atoms with Crippen molar-refractivity contribution < 1.29 is 0 Å². The van der Waals surface area contributed by atoms with Gasteiger partial charge in [0.05, 0.1) is 0 Å². The summed E-state index contributed by atoms with van der Waals surface area (Å²) in [6, 6.07) is 6.80. The Labute approximate surface area is 112 Å². The lowest BCUT2D eigenvalue weighted by atomic mass is 9.86. The molecule has 0 fully saturated rings. The zero-order valence-electron chi connectivity index (χ0n) is 11.7. The van der Waals surface area contributed by atoms with E-state index in [0.29, 0.717) is 0 Å². The first-order chi connectivity index (χ1) is 7.86. The van der Waals surface area contributed by atoms with Gasteiger partial charge in [0, 0.05) is 19.3 Å². The molecule has 0 unspecified atom stereocenters. The van der Waals surface area contributed by atoms with Crippen molar-refractivity contribution >= 4 is 18.3 Å². The normalized spacial score (nSPS) is 11.6. The number of benzene rings is 1. The average molecular weight is 251 g/mol. The van der Waals surface area contributed by atoms with E-state index >= 15 is 0 Å². The first kappa shape index (κ1) is 14.4. The van der Waals surface area contributed by atoms with Crippen LogP contribution in [0.15, 0.2) is 18.2 Å². The molecule has 1 rings (SSSR count). The second kappa shape index (κ2) is 5.81. The van der Waals surface area contributed by atoms with Gasteiger partial charge in [-0.25, -0.2) is 0 Å². The van der Waals surface area contributed by atoms with Crippen molar-refractivity contribution in [2.75, 3.05) is 24.2 Å². The van der Waals surface area contributed by atoms with Crippen LogP contribution in [0, 0.1) is 6.92 Å². The molecule has 0 aromatic heterocycles. The minimum absolute atomic E-state index is 0.215. The van der Waals surface area contributed by atoms with E-state index in [1.807, 2.05) is 0 Å². The smallest absolute Gasteiger partial charge is 0.0396 e. The third-order valence-electron chi connectivity index (χ3n) is 3.14. The summed E-state index contributed by atoms with van der Waals surface area (Å²) in [6.07, 6.45) is 1.12. The Balaban J connectivity index is 2.98. The van der Waals surface area contributed by atoms with Crippen LogP contribution < -0.4 is 4.90 Å². The van der Waals surface area contributed by atoms with Crippen LogP contribution in [0.3, 0.4) is 0 Å². The molecule has 17 heavy (non-hydrogen) atoms. The molecule has 1 nitrogen and oxygen atoms in total. The average Bonchev–Trinajstić information content (AvgIpc) is 2.24. The van der Waals surface area contributed by atoms with Gasteiger partial charge in [-0.15, -0.1) is 0 Å². The van der Waals surface area contributed by atoms with E-state index in [2.05, 4.69) is 70.5 Å². The first-order valence-electron chi connectivity index (χ1n) is 6.29. The van der Waals surface area contributed by atoms with Gasteiger partial charge in [0.15, 0.2) is 0 Å². The van der Waals surface area contributed by atoms with Crippen LogP contribution in [-0.2, 0) is 5.41 Å². The maximum absolute atomic E-state index is 4.27. The summed E-state index contributed by atoms with van der Waals surface area (Å²) in [5.74, 6) is 0.947. The Morgan fingerprint density at radius 3 is 2.41 bits per heavy atom. The topological polar surface area (TPSA) is 3.24 Å². The second-order valence-electron chi connectivity index (χ2n) is 5.75. The molecule has 2 heteroatoms. The summed E-state index contributed by atoms with van der Waals surface area (Å²) < 4.78 is 0. The van der Waals surface area contributed by atoms with Gasteiger partial charge in [-0.05, 0) is 41.7 Å². The molecule has 96 valence electrons. The van der Waals surface area contributed by atoms with Gasteiger partial charge >= 0.3 is 0 Å². The molecule has 0 radical (unpaired) electrons. The molecule has 0 aliphatic rings. The van der Waals surface area contributed by atoms with Gasteiger partial charge in [-0.1, -0.05) is 32.9 Å². The van der Waals surface area contributed by atoms with Crippen LogP contribution in [0.4, 0.5) is 5.69 Å². The summed E-state index contributed by atoms with van der Waals surface area (Å²) in [5, 5.41) is 0. The van der Waals surface area contributed by atoms with Gasteiger partial charge in [-0.2, -0.15) is 12.6 Å². The number of anilines is 1. The Morgan fingerprint density at radius 2 is 1.88 bits per heavy atom. The fourth-order valence-electron chi connectivity index (χ4n) is 1.92. The Hall–Kier alpha value is -0.630. The van der Waals surface area contributed by atoms with E-state index in [1.54, 1.807) is 0 Å². The number of aryl methyl sites for hydroxylation is 1. The van der Waals surface area contributed by atoms with Crippen molar-refractivity contribution in [3.05, 3.63) is 29.3 Å². The van der Waals surface area contributed by atoms with Crippen LogP contribution in [0.2, 0.25) is 0 Å². The molecular formula is C15H25NS. The molecule has 0 aliphatic heterocycles. The van der Waals surface area contributed by atoms with Crippen molar-refractivity contribution in [2.24, 2.45) is 0 Å². The largest absolute Gasteiger partial charge is 0.374 e. The highest BCUT2D eigenvalue weighted by Crippen LogP contribution is 2.28. The van der Waals surface area contributed by atoms with E-state index < -0.39 is 0 Å². The third kappa shape index (κ3) is 3.95. The standard InChI is InChI=1S/C15H25NS/c1-12-7-8-13(15(2,3)4)11-14(12)16(5)9-6-10-17/h7-8,11,17H,6,9-10H2,1-5H3. The molecule has 0 spiro atoms. The first-order valence-corrected chi connectivity index (χ1v) is 6.92. The summed E-state index contributed by atoms with van der Waals surface area (Å²) in [5.41, 5.74) is 4.31. The lowest BCUT2D eigenvalue weighted by Crippen LogP contribution is -2.21. The molecule has 0 atom stereocenters. The van der Waals surface area contributed by atoms with Gasteiger partial charge in [0.25, 0.3) is 0 Å². The molecule has 0 bridgehead atoms. The van der Waals surface area contributed by atoms with Gasteiger partial charge in [-0.3, -0.25) is 0 Å². The highest BCUT2D eigenvalue weighted by atomic mass is 32.1. The Kier molecular flexibility index (Phi) is 4.93. The summed E-state index contributed by atoms with van der Waals surface area (Å²) in [4.78, 5) is 2.33. The van der Waals surface area contributed by atoms with Gasteiger partial charge < -0.3 is 4.90 Å². The third-order valence-corrected chi connectivity index (χ3v) is 3.45. The minimum atomic E-state index is 0.215. The second-order valence-corrected chi connectivity index (χ2v) is 6.20. The van der Waals surface area contributed by atoms with Crippen molar-refractivity contribution in [2.45, 2.75) is 39.5 Å². The van der Waals surface area contributed by atoms with Crippen LogP contribution in [0.25, 0.3) is 0 Å². The maximum Gasteiger partial charge on any atom is 0.0396 e. The summed E-state index contributed by atoms with van der Waals surface area (Å²) in [7, 11) is 2.16. The van der Waals surface area contributed by atoms with Crippen molar-refractivity contribution in [3.8, 4) is 0 Å². The molecule has 0 saturated heterocycles. The zero-order valence-corrected chi connectivity index (χ0v) is 12.6. The van der Waals surface area contributed by atoms with E-state index in [1.165, 1.54) is 16.8 Å². The summed E-state index contributed by atoms with van der Waals surface area (Å²) in [6.45, 7) is 10.0. The van der Waals surface area contributed by atoms with E-state index in [4.69, 9.17) is 0 Å². The molecule has 0 heterocycles. The Bertz CT molecular complexity index is 366. The zero-order chi connectivity index (χ0) is 13.1. The van der Waals surface area contributed by atoms with Crippen molar-refractivity contribution in [1.29, 1.82) is 0 Å². The lowest BCUT2D eigenvalue weighted by molar-refractivity contribution is 0.590. The highest BCUT2D eigenvalue weighted by molar-refractivity contribution is 7.80. The number of rotatable bonds is 4. The number of nitrogens with zero attached hydrogens (tertiary/aromatic N) is 1. The molecule has 0 saturated carbocycles. The van der Waals surface area contributed by atoms with E-state index in [0.717, 1.165) is 18.7 Å². The number of hydrogen-bond donors (Lipinski definition) is 1. The minimum Gasteiger partial charge on any atom is -0.374 e. The van der Waals surface area contributed by atoms with Crippen LogP contribution in [0.5, 0.6) is 0 Å². The van der Waals surface area contributed by atoms with Crippen LogP contribution >= 0.6 is 12.6 Å². The van der Waals surface area contributed by atoms with Crippen molar-refractivity contribution in [3.63, 3.8) is 0 Å². The maximum atomic E-state index is 4.27. The van der Waals surface area contributed by atoms with Crippen LogP contribution in [-0.4, -0.2) is 19.3 Å². The molecular weight excluding hydrogens is 226 g/mol. The number of hydrogen-bond acceptors (Lipinski definition) is 2. The predicted octanol–water partition coefficient (Wildman–Crippen LogP) is 4.05. The van der Waals surface area contributed by atoms with E-state index in [-0.39, 0.29) is 5.41 Å². The monoisotopic (exact) mass is 251 g/mol.